The van der Waals surface area contributed by atoms with Crippen molar-refractivity contribution in [2.75, 3.05) is 19.0 Å². The highest BCUT2D eigenvalue weighted by atomic mass is 16.6. The molecule has 1 heterocycles. The molecule has 0 bridgehead atoms. The van der Waals surface area contributed by atoms with Crippen LogP contribution < -0.4 is 10.1 Å². The fraction of sp³-hybridized carbons (Fsp3) is 0.364. The van der Waals surface area contributed by atoms with Crippen LogP contribution in [0.5, 0.6) is 5.75 Å². The Hall–Kier alpha value is -3.42. The fourth-order valence-electron chi connectivity index (χ4n) is 3.76. The van der Waals surface area contributed by atoms with E-state index in [0.29, 0.717) is 18.0 Å². The number of non-ortho nitro benzene ring substituents is 1. The number of nitrogens with zero attached hydrogens (tertiary/aromatic N) is 2. The van der Waals surface area contributed by atoms with Crippen molar-refractivity contribution in [3.63, 3.8) is 0 Å². The second-order valence-corrected chi connectivity index (χ2v) is 7.27. The van der Waals surface area contributed by atoms with Crippen LogP contribution in [0, 0.1) is 16.0 Å². The second kappa shape index (κ2) is 9.39. The van der Waals surface area contributed by atoms with Crippen molar-refractivity contribution in [2.45, 2.75) is 32.2 Å². The largest absolute Gasteiger partial charge is 0.497 e. The highest BCUT2D eigenvalue weighted by Crippen LogP contribution is 2.39. The van der Waals surface area contributed by atoms with Crippen molar-refractivity contribution >= 4 is 23.2 Å². The normalized spacial score (nSPS) is 18.3. The van der Waals surface area contributed by atoms with E-state index in [4.69, 9.17) is 4.74 Å². The van der Waals surface area contributed by atoms with Gasteiger partial charge in [-0.25, -0.2) is 0 Å². The van der Waals surface area contributed by atoms with Gasteiger partial charge in [0.2, 0.25) is 11.8 Å². The zero-order chi connectivity index (χ0) is 21.7. The molecule has 0 radical (unpaired) electrons. The molecule has 2 aromatic rings. The molecule has 2 aromatic carbocycles. The van der Waals surface area contributed by atoms with Gasteiger partial charge in [0.1, 0.15) is 5.75 Å². The molecule has 1 N–H and O–H groups in total. The van der Waals surface area contributed by atoms with Crippen molar-refractivity contribution < 1.29 is 19.2 Å². The molecule has 0 saturated carbocycles. The summed E-state index contributed by atoms with van der Waals surface area (Å²) in [7, 11) is 1.58. The summed E-state index contributed by atoms with van der Waals surface area (Å²) in [6.45, 7) is 2.63. The molecule has 1 saturated heterocycles. The predicted octanol–water partition coefficient (Wildman–Crippen LogP) is 3.93. The van der Waals surface area contributed by atoms with Crippen LogP contribution in [0.2, 0.25) is 0 Å². The first-order valence-corrected chi connectivity index (χ1v) is 9.93. The number of nitro groups is 1. The molecule has 2 amide bonds. The SMILES string of the molecule is CCCCN1C(=O)CC(C(=O)Nc2cccc([N+](=O)[O-])c2)C1c1ccc(OC)cc1. The number of nitrogens with one attached hydrogen (secondary N) is 1. The van der Waals surface area contributed by atoms with Gasteiger partial charge in [-0.05, 0) is 30.2 Å². The van der Waals surface area contributed by atoms with Crippen molar-refractivity contribution in [1.82, 2.24) is 4.90 Å². The van der Waals surface area contributed by atoms with Crippen LogP contribution in [0.1, 0.15) is 37.8 Å². The molecule has 158 valence electrons. The van der Waals surface area contributed by atoms with E-state index in [2.05, 4.69) is 12.2 Å². The number of carbonyl (C=O) groups excluding carboxylic acids is 2. The maximum absolute atomic E-state index is 13.1. The highest BCUT2D eigenvalue weighted by Gasteiger charge is 2.44. The predicted molar refractivity (Wildman–Crippen MR) is 112 cm³/mol. The van der Waals surface area contributed by atoms with E-state index in [9.17, 15) is 19.7 Å². The van der Waals surface area contributed by atoms with Gasteiger partial charge in [-0.1, -0.05) is 31.5 Å². The Labute approximate surface area is 175 Å². The van der Waals surface area contributed by atoms with Gasteiger partial charge in [0, 0.05) is 30.8 Å². The van der Waals surface area contributed by atoms with Gasteiger partial charge in [0.05, 0.1) is 24.0 Å². The van der Waals surface area contributed by atoms with Gasteiger partial charge < -0.3 is 15.0 Å². The molecule has 1 fully saturated rings. The average Bonchev–Trinajstić information content (AvgIpc) is 3.08. The lowest BCUT2D eigenvalue weighted by atomic mass is 9.92. The quantitative estimate of drug-likeness (QED) is 0.524. The summed E-state index contributed by atoms with van der Waals surface area (Å²) in [5, 5.41) is 13.8. The maximum Gasteiger partial charge on any atom is 0.271 e. The number of hydrogen-bond donors (Lipinski definition) is 1. The number of unbranched alkanes of at least 4 members (excludes halogenated alkanes) is 1. The number of hydrogen-bond acceptors (Lipinski definition) is 5. The van der Waals surface area contributed by atoms with Crippen molar-refractivity contribution in [3.05, 3.63) is 64.2 Å². The Morgan fingerprint density at radius 2 is 2.00 bits per heavy atom. The molecule has 2 atom stereocenters. The van der Waals surface area contributed by atoms with Crippen LogP contribution >= 0.6 is 0 Å². The number of amides is 2. The second-order valence-electron chi connectivity index (χ2n) is 7.27. The monoisotopic (exact) mass is 411 g/mol. The molecule has 0 aromatic heterocycles. The molecule has 1 aliphatic rings. The number of ether oxygens (including phenoxy) is 1. The summed E-state index contributed by atoms with van der Waals surface area (Å²) >= 11 is 0. The molecule has 2 unspecified atom stereocenters. The number of carbonyl (C=O) groups is 2. The van der Waals surface area contributed by atoms with Crippen molar-refractivity contribution in [1.29, 1.82) is 0 Å². The minimum Gasteiger partial charge on any atom is -0.497 e. The summed E-state index contributed by atoms with van der Waals surface area (Å²) in [4.78, 5) is 38.1. The average molecular weight is 411 g/mol. The first-order valence-electron chi connectivity index (χ1n) is 9.93. The van der Waals surface area contributed by atoms with Gasteiger partial charge >= 0.3 is 0 Å². The summed E-state index contributed by atoms with van der Waals surface area (Å²) in [6.07, 6.45) is 1.88. The van der Waals surface area contributed by atoms with Crippen LogP contribution in [-0.4, -0.2) is 35.3 Å². The molecule has 8 heteroatoms. The molecule has 0 aliphatic carbocycles. The van der Waals surface area contributed by atoms with Gasteiger partial charge in [-0.2, -0.15) is 0 Å². The Kier molecular flexibility index (Phi) is 6.66. The van der Waals surface area contributed by atoms with Gasteiger partial charge in [-0.15, -0.1) is 0 Å². The van der Waals surface area contributed by atoms with Crippen LogP contribution in [0.25, 0.3) is 0 Å². The summed E-state index contributed by atoms with van der Waals surface area (Å²) in [6, 6.07) is 12.8. The molecule has 30 heavy (non-hydrogen) atoms. The maximum atomic E-state index is 13.1. The molecule has 1 aliphatic heterocycles. The van der Waals surface area contributed by atoms with Crippen molar-refractivity contribution in [2.24, 2.45) is 5.92 Å². The number of benzene rings is 2. The number of anilines is 1. The van der Waals surface area contributed by atoms with Crippen LogP contribution in [-0.2, 0) is 9.59 Å². The zero-order valence-electron chi connectivity index (χ0n) is 17.0. The first-order chi connectivity index (χ1) is 14.4. The Morgan fingerprint density at radius 3 is 2.63 bits per heavy atom. The zero-order valence-corrected chi connectivity index (χ0v) is 17.0. The summed E-state index contributed by atoms with van der Waals surface area (Å²) < 4.78 is 5.21. The summed E-state index contributed by atoms with van der Waals surface area (Å²) in [5.74, 6) is -0.296. The number of rotatable bonds is 8. The topological polar surface area (TPSA) is 102 Å². The minimum atomic E-state index is -0.595. The van der Waals surface area contributed by atoms with E-state index < -0.39 is 16.9 Å². The molecular weight excluding hydrogens is 386 g/mol. The van der Waals surface area contributed by atoms with Crippen molar-refractivity contribution in [3.8, 4) is 5.75 Å². The minimum absolute atomic E-state index is 0.0662. The molecule has 8 nitrogen and oxygen atoms in total. The lowest BCUT2D eigenvalue weighted by molar-refractivity contribution is -0.384. The lowest BCUT2D eigenvalue weighted by Crippen LogP contribution is -2.33. The number of likely N-dealkylation sites (tertiary alicyclic amines) is 1. The van der Waals surface area contributed by atoms with E-state index in [1.165, 1.54) is 18.2 Å². The third-order valence-corrected chi connectivity index (χ3v) is 5.30. The third kappa shape index (κ3) is 4.59. The smallest absolute Gasteiger partial charge is 0.271 e. The number of nitro benzene ring substituents is 1. The van der Waals surface area contributed by atoms with E-state index >= 15 is 0 Å². The Morgan fingerprint density at radius 1 is 1.27 bits per heavy atom. The van der Waals surface area contributed by atoms with Crippen LogP contribution in [0.4, 0.5) is 11.4 Å². The highest BCUT2D eigenvalue weighted by molar-refractivity contribution is 5.98. The van der Waals surface area contributed by atoms with Gasteiger partial charge in [0.15, 0.2) is 0 Å². The van der Waals surface area contributed by atoms with Crippen LogP contribution in [0.3, 0.4) is 0 Å². The number of methoxy groups -OCH3 is 1. The standard InChI is InChI=1S/C22H25N3O5/c1-3-4-12-24-20(26)14-19(21(24)15-8-10-18(30-2)11-9-15)22(27)23-16-6-5-7-17(13-16)25(28)29/h5-11,13,19,21H,3-4,12,14H2,1-2H3,(H,23,27). The summed E-state index contributed by atoms with van der Waals surface area (Å²) in [5.41, 5.74) is 1.09. The van der Waals surface area contributed by atoms with Crippen LogP contribution in [0.15, 0.2) is 48.5 Å². The fourth-order valence-corrected chi connectivity index (χ4v) is 3.76. The van der Waals surface area contributed by atoms with Gasteiger partial charge in [0.25, 0.3) is 5.69 Å². The molecule has 0 spiro atoms. The lowest BCUT2D eigenvalue weighted by Gasteiger charge is -2.28. The van der Waals surface area contributed by atoms with E-state index in [1.807, 2.05) is 24.3 Å². The van der Waals surface area contributed by atoms with E-state index in [1.54, 1.807) is 18.1 Å². The van der Waals surface area contributed by atoms with E-state index in [-0.39, 0.29) is 23.9 Å². The molecule has 3 rings (SSSR count). The van der Waals surface area contributed by atoms with E-state index in [0.717, 1.165) is 18.4 Å². The Balaban J connectivity index is 1.88. The first kappa shape index (κ1) is 21.3. The third-order valence-electron chi connectivity index (χ3n) is 5.30. The Bertz CT molecular complexity index is 929. The van der Waals surface area contributed by atoms with Gasteiger partial charge in [-0.3, -0.25) is 19.7 Å². The molecular formula is C22H25N3O5.